The number of nitrogens with zero attached hydrogens (tertiary/aromatic N) is 1. The summed E-state index contributed by atoms with van der Waals surface area (Å²) < 4.78 is 5.70. The standard InChI is InChI=1S/C18H20N2O4S/c1-11-6-7-12(24-11)15-14(16(21)13-5-4-10-25-13)17(22)18(23)20(15)9-8-19(2)3/h4-7,10,15,22H,8-9H2,1-3H3/p+1/t15-/m0/s1. The van der Waals surface area contributed by atoms with Crippen LogP contribution in [-0.4, -0.2) is 48.9 Å². The molecular weight excluding hydrogens is 340 g/mol. The minimum Gasteiger partial charge on any atom is -0.503 e. The summed E-state index contributed by atoms with van der Waals surface area (Å²) in [5.41, 5.74) is 0.0931. The van der Waals surface area contributed by atoms with Gasteiger partial charge in [0.05, 0.1) is 37.6 Å². The van der Waals surface area contributed by atoms with Crippen LogP contribution in [0.1, 0.15) is 27.2 Å². The van der Waals surface area contributed by atoms with Gasteiger partial charge in [-0.15, -0.1) is 11.3 Å². The summed E-state index contributed by atoms with van der Waals surface area (Å²) in [5, 5.41) is 12.2. The van der Waals surface area contributed by atoms with Crippen molar-refractivity contribution in [2.45, 2.75) is 13.0 Å². The summed E-state index contributed by atoms with van der Waals surface area (Å²) in [5.74, 6) is -0.162. The van der Waals surface area contributed by atoms with Crippen molar-refractivity contribution < 1.29 is 24.0 Å². The molecule has 3 rings (SSSR count). The number of nitrogens with one attached hydrogen (secondary N) is 1. The van der Waals surface area contributed by atoms with Gasteiger partial charge in [-0.3, -0.25) is 9.59 Å². The molecule has 0 bridgehead atoms. The maximum absolute atomic E-state index is 12.9. The van der Waals surface area contributed by atoms with Crippen LogP contribution in [0, 0.1) is 6.92 Å². The number of thiophene rings is 1. The number of rotatable bonds is 6. The molecule has 1 atom stereocenters. The third-order valence-electron chi connectivity index (χ3n) is 4.18. The number of hydrogen-bond donors (Lipinski definition) is 2. The van der Waals surface area contributed by atoms with Crippen LogP contribution >= 0.6 is 11.3 Å². The lowest BCUT2D eigenvalue weighted by Gasteiger charge is -2.25. The van der Waals surface area contributed by atoms with Crippen LogP contribution in [0.4, 0.5) is 0 Å². The molecule has 0 fully saturated rings. The van der Waals surface area contributed by atoms with Crippen molar-refractivity contribution in [2.24, 2.45) is 0 Å². The molecule has 1 aliphatic heterocycles. The fourth-order valence-corrected chi connectivity index (χ4v) is 3.57. The second-order valence-electron chi connectivity index (χ2n) is 6.38. The van der Waals surface area contributed by atoms with E-state index in [4.69, 9.17) is 4.42 Å². The molecule has 2 aromatic heterocycles. The van der Waals surface area contributed by atoms with Crippen molar-refractivity contribution >= 4 is 23.0 Å². The number of aliphatic hydroxyl groups excluding tert-OH is 1. The maximum atomic E-state index is 12.9. The maximum Gasteiger partial charge on any atom is 0.290 e. The molecule has 1 amide bonds. The van der Waals surface area contributed by atoms with Crippen molar-refractivity contribution in [1.29, 1.82) is 0 Å². The summed E-state index contributed by atoms with van der Waals surface area (Å²) in [6, 6.07) is 6.30. The lowest BCUT2D eigenvalue weighted by molar-refractivity contribution is -0.857. The number of hydrogen-bond acceptors (Lipinski definition) is 5. The number of ketones is 1. The number of amides is 1. The number of aliphatic hydroxyl groups is 1. The van der Waals surface area contributed by atoms with E-state index in [1.807, 2.05) is 14.1 Å². The van der Waals surface area contributed by atoms with Gasteiger partial charge in [-0.25, -0.2) is 0 Å². The Bertz CT molecular complexity index is 820. The number of quaternary nitrogens is 1. The van der Waals surface area contributed by atoms with E-state index in [1.54, 1.807) is 36.6 Å². The fraction of sp³-hybridized carbons (Fsp3) is 0.333. The van der Waals surface area contributed by atoms with E-state index in [0.29, 0.717) is 29.5 Å². The summed E-state index contributed by atoms with van der Waals surface area (Å²) in [6.07, 6.45) is 0. The number of likely N-dealkylation sites (N-methyl/N-ethyl adjacent to an activating group) is 1. The molecule has 0 aromatic carbocycles. The fourth-order valence-electron chi connectivity index (χ4n) is 2.90. The van der Waals surface area contributed by atoms with Crippen LogP contribution in [0.3, 0.4) is 0 Å². The normalized spacial score (nSPS) is 17.8. The lowest BCUT2D eigenvalue weighted by Crippen LogP contribution is -3.06. The molecule has 3 heterocycles. The first-order chi connectivity index (χ1) is 11.9. The highest BCUT2D eigenvalue weighted by molar-refractivity contribution is 7.12. The van der Waals surface area contributed by atoms with Gasteiger partial charge in [0, 0.05) is 0 Å². The first-order valence-corrected chi connectivity index (χ1v) is 8.95. The molecule has 6 nitrogen and oxygen atoms in total. The quantitative estimate of drug-likeness (QED) is 0.762. The second-order valence-corrected chi connectivity index (χ2v) is 7.32. The molecule has 25 heavy (non-hydrogen) atoms. The van der Waals surface area contributed by atoms with Gasteiger partial charge in [-0.1, -0.05) is 6.07 Å². The topological polar surface area (TPSA) is 75.2 Å². The van der Waals surface area contributed by atoms with E-state index >= 15 is 0 Å². The monoisotopic (exact) mass is 361 g/mol. The Morgan fingerprint density at radius 2 is 2.12 bits per heavy atom. The van der Waals surface area contributed by atoms with Crippen LogP contribution in [0.5, 0.6) is 0 Å². The van der Waals surface area contributed by atoms with Crippen molar-refractivity contribution in [1.82, 2.24) is 4.90 Å². The van der Waals surface area contributed by atoms with Gasteiger partial charge in [0.2, 0.25) is 5.78 Å². The summed E-state index contributed by atoms with van der Waals surface area (Å²) >= 11 is 1.28. The highest BCUT2D eigenvalue weighted by Gasteiger charge is 2.45. The summed E-state index contributed by atoms with van der Waals surface area (Å²) in [4.78, 5) is 28.7. The van der Waals surface area contributed by atoms with Gasteiger partial charge >= 0.3 is 0 Å². The predicted octanol–water partition coefficient (Wildman–Crippen LogP) is 1.37. The van der Waals surface area contributed by atoms with Gasteiger partial charge in [0.1, 0.15) is 17.6 Å². The first kappa shape index (κ1) is 17.4. The van der Waals surface area contributed by atoms with Gasteiger partial charge in [-0.2, -0.15) is 0 Å². The smallest absolute Gasteiger partial charge is 0.290 e. The van der Waals surface area contributed by atoms with Crippen LogP contribution in [0.2, 0.25) is 0 Å². The van der Waals surface area contributed by atoms with Gasteiger partial charge in [0.15, 0.2) is 5.76 Å². The van der Waals surface area contributed by atoms with E-state index in [1.165, 1.54) is 21.1 Å². The number of furan rings is 1. The zero-order valence-corrected chi connectivity index (χ0v) is 15.2. The number of carbonyl (C=O) groups excluding carboxylic acids is 2. The average molecular weight is 361 g/mol. The molecule has 0 saturated heterocycles. The molecular formula is C18H21N2O4S+. The Kier molecular flexibility index (Phi) is 4.78. The summed E-state index contributed by atoms with van der Waals surface area (Å²) in [7, 11) is 3.97. The highest BCUT2D eigenvalue weighted by atomic mass is 32.1. The zero-order valence-electron chi connectivity index (χ0n) is 14.4. The SMILES string of the molecule is Cc1ccc([C@H]2C(C(=O)c3cccs3)=C(O)C(=O)N2CC[NH+](C)C)o1. The van der Waals surface area contributed by atoms with Crippen molar-refractivity contribution in [3.63, 3.8) is 0 Å². The average Bonchev–Trinajstić information content (AvgIpc) is 3.27. The van der Waals surface area contributed by atoms with Gasteiger partial charge < -0.3 is 19.3 Å². The first-order valence-electron chi connectivity index (χ1n) is 8.07. The van der Waals surface area contributed by atoms with E-state index in [9.17, 15) is 14.7 Å². The molecule has 0 unspecified atom stereocenters. The largest absolute Gasteiger partial charge is 0.503 e. The molecule has 1 aliphatic rings. The highest BCUT2D eigenvalue weighted by Crippen LogP contribution is 2.39. The Labute approximate surface area is 150 Å². The third kappa shape index (κ3) is 3.25. The number of aryl methyl sites for hydroxylation is 1. The van der Waals surface area contributed by atoms with E-state index in [0.717, 1.165) is 0 Å². The van der Waals surface area contributed by atoms with Gasteiger partial charge in [0.25, 0.3) is 5.91 Å². The molecule has 132 valence electrons. The minimum absolute atomic E-state index is 0.0931. The molecule has 0 aliphatic carbocycles. The van der Waals surface area contributed by atoms with Gasteiger partial charge in [-0.05, 0) is 30.5 Å². The zero-order chi connectivity index (χ0) is 18.1. The number of carbonyl (C=O) groups is 2. The van der Waals surface area contributed by atoms with Crippen LogP contribution in [-0.2, 0) is 4.79 Å². The lowest BCUT2D eigenvalue weighted by atomic mass is 10.0. The Hall–Kier alpha value is -2.38. The van der Waals surface area contributed by atoms with Crippen LogP contribution < -0.4 is 4.90 Å². The van der Waals surface area contributed by atoms with Crippen LogP contribution in [0.25, 0.3) is 0 Å². The Balaban J connectivity index is 2.03. The Morgan fingerprint density at radius 1 is 1.36 bits per heavy atom. The molecule has 7 heteroatoms. The predicted molar refractivity (Wildman–Crippen MR) is 93.9 cm³/mol. The van der Waals surface area contributed by atoms with Crippen LogP contribution in [0.15, 0.2) is 45.4 Å². The second kappa shape index (κ2) is 6.85. The summed E-state index contributed by atoms with van der Waals surface area (Å²) in [6.45, 7) is 2.91. The molecule has 0 spiro atoms. The van der Waals surface area contributed by atoms with E-state index in [-0.39, 0.29) is 11.4 Å². The molecule has 0 radical (unpaired) electrons. The van der Waals surface area contributed by atoms with E-state index < -0.39 is 17.7 Å². The number of Topliss-reactive ketones (excluding diaryl/α,β-unsaturated/α-hetero) is 1. The molecule has 2 aromatic rings. The van der Waals surface area contributed by atoms with Crippen molar-refractivity contribution in [3.8, 4) is 0 Å². The third-order valence-corrected chi connectivity index (χ3v) is 5.05. The van der Waals surface area contributed by atoms with E-state index in [2.05, 4.69) is 0 Å². The van der Waals surface area contributed by atoms with Crippen molar-refractivity contribution in [2.75, 3.05) is 27.2 Å². The Morgan fingerprint density at radius 3 is 2.68 bits per heavy atom. The molecule has 2 N–H and O–H groups in total. The van der Waals surface area contributed by atoms with Crippen molar-refractivity contribution in [3.05, 3.63) is 57.4 Å². The molecule has 0 saturated carbocycles. The minimum atomic E-state index is -0.699.